The van der Waals surface area contributed by atoms with Gasteiger partial charge in [0.05, 0.1) is 12.1 Å². The van der Waals surface area contributed by atoms with Crippen LogP contribution >= 0.6 is 0 Å². The van der Waals surface area contributed by atoms with Crippen LogP contribution in [-0.2, 0) is 6.42 Å². The second kappa shape index (κ2) is 5.02. The van der Waals surface area contributed by atoms with E-state index in [-0.39, 0.29) is 0 Å². The van der Waals surface area contributed by atoms with E-state index >= 15 is 0 Å². The Morgan fingerprint density at radius 1 is 1.05 bits per heavy atom. The molecule has 108 valence electrons. The van der Waals surface area contributed by atoms with Crippen molar-refractivity contribution in [1.82, 2.24) is 0 Å². The summed E-state index contributed by atoms with van der Waals surface area (Å²) in [5.74, 6) is 0. The minimum absolute atomic E-state index is 0.482. The molecule has 22 heavy (non-hydrogen) atoms. The second-order valence-corrected chi connectivity index (χ2v) is 5.81. The molecule has 0 amide bonds. The normalized spacial score (nSPS) is 20.6. The molecule has 3 aromatic rings. The Labute approximate surface area is 127 Å². The number of benzene rings is 3. The first kappa shape index (κ1) is 13.1. The van der Waals surface area contributed by atoms with Crippen LogP contribution in [-0.4, -0.2) is 11.2 Å². The van der Waals surface area contributed by atoms with E-state index in [2.05, 4.69) is 46.4 Å². The summed E-state index contributed by atoms with van der Waals surface area (Å²) in [5.41, 5.74) is 10.9. The molecule has 2 unspecified atom stereocenters. The van der Waals surface area contributed by atoms with Gasteiger partial charge in [0, 0.05) is 4.91 Å². The number of aryl methyl sites for hydroxylation is 1. The third-order valence-corrected chi connectivity index (χ3v) is 4.57. The number of aliphatic hydroxyl groups is 1. The number of fused-ring (bicyclic) bond motifs is 4. The molecule has 0 aromatic heterocycles. The van der Waals surface area contributed by atoms with Crippen molar-refractivity contribution in [2.24, 2.45) is 5.11 Å². The molecule has 0 spiro atoms. The van der Waals surface area contributed by atoms with Crippen LogP contribution in [0.4, 0.5) is 0 Å². The molecule has 0 saturated heterocycles. The molecule has 1 aliphatic rings. The summed E-state index contributed by atoms with van der Waals surface area (Å²) >= 11 is 0. The van der Waals surface area contributed by atoms with Gasteiger partial charge in [0.1, 0.15) is 0 Å². The maximum Gasteiger partial charge on any atom is 0.0887 e. The minimum atomic E-state index is -0.596. The summed E-state index contributed by atoms with van der Waals surface area (Å²) < 4.78 is 0. The van der Waals surface area contributed by atoms with Gasteiger partial charge >= 0.3 is 0 Å². The Morgan fingerprint density at radius 2 is 1.86 bits per heavy atom. The van der Waals surface area contributed by atoms with Crippen LogP contribution in [0.25, 0.3) is 32.0 Å². The van der Waals surface area contributed by atoms with Crippen LogP contribution in [0.2, 0.25) is 0 Å². The molecule has 0 fully saturated rings. The summed E-state index contributed by atoms with van der Waals surface area (Å²) in [4.78, 5) is 2.90. The Kier molecular flexibility index (Phi) is 3.00. The van der Waals surface area contributed by atoms with Crippen molar-refractivity contribution in [1.29, 1.82) is 0 Å². The first-order chi connectivity index (χ1) is 10.8. The first-order valence-corrected chi connectivity index (χ1v) is 7.44. The van der Waals surface area contributed by atoms with Crippen LogP contribution in [0.3, 0.4) is 0 Å². The first-order valence-electron chi connectivity index (χ1n) is 7.44. The lowest BCUT2D eigenvalue weighted by Crippen LogP contribution is -2.23. The zero-order valence-electron chi connectivity index (χ0n) is 12.0. The zero-order chi connectivity index (χ0) is 15.1. The summed E-state index contributed by atoms with van der Waals surface area (Å²) in [7, 11) is 0. The van der Waals surface area contributed by atoms with Crippen molar-refractivity contribution in [3.8, 4) is 0 Å². The number of aliphatic hydroxyl groups excluding tert-OH is 1. The maximum atomic E-state index is 10.1. The fraction of sp³-hybridized carbons (Fsp3) is 0.222. The van der Waals surface area contributed by atoms with E-state index in [4.69, 9.17) is 5.53 Å². The van der Waals surface area contributed by atoms with Crippen LogP contribution in [0.15, 0.2) is 53.6 Å². The third kappa shape index (κ3) is 1.93. The van der Waals surface area contributed by atoms with Crippen molar-refractivity contribution < 1.29 is 5.11 Å². The highest BCUT2D eigenvalue weighted by Crippen LogP contribution is 2.37. The van der Waals surface area contributed by atoms with Gasteiger partial charge in [0.25, 0.3) is 0 Å². The van der Waals surface area contributed by atoms with Crippen molar-refractivity contribution in [2.45, 2.75) is 25.0 Å². The van der Waals surface area contributed by atoms with Crippen molar-refractivity contribution in [3.63, 3.8) is 0 Å². The minimum Gasteiger partial charge on any atom is -0.392 e. The molecule has 1 aliphatic carbocycles. The van der Waals surface area contributed by atoms with Gasteiger partial charge in [-0.2, -0.15) is 0 Å². The van der Waals surface area contributed by atoms with Gasteiger partial charge in [-0.15, -0.1) is 0 Å². The molecule has 4 heteroatoms. The number of nitrogens with zero attached hydrogens (tertiary/aromatic N) is 3. The van der Waals surface area contributed by atoms with E-state index in [0.29, 0.717) is 6.42 Å². The molecule has 2 atom stereocenters. The van der Waals surface area contributed by atoms with E-state index in [1.165, 1.54) is 21.7 Å². The Morgan fingerprint density at radius 3 is 2.73 bits per heavy atom. The standard InChI is InChI=1S/C18H15N3O/c19-21-20-18-16-10-12-6-5-11-3-1-2-4-14(11)15(12)9-13(16)7-8-17(18)22/h1-6,9-10,17-18,22H,7-8H2. The molecular weight excluding hydrogens is 274 g/mol. The number of hydrogen-bond donors (Lipinski definition) is 1. The van der Waals surface area contributed by atoms with Crippen LogP contribution in [0.1, 0.15) is 23.6 Å². The van der Waals surface area contributed by atoms with Gasteiger partial charge in [-0.05, 0) is 51.0 Å². The predicted molar refractivity (Wildman–Crippen MR) is 87.7 cm³/mol. The third-order valence-electron chi connectivity index (χ3n) is 4.57. The molecular formula is C18H15N3O. The van der Waals surface area contributed by atoms with Gasteiger partial charge in [-0.1, -0.05) is 53.6 Å². The highest BCUT2D eigenvalue weighted by Gasteiger charge is 2.27. The Bertz CT molecular complexity index is 928. The molecule has 0 aliphatic heterocycles. The number of azide groups is 1. The highest BCUT2D eigenvalue weighted by atomic mass is 16.3. The van der Waals surface area contributed by atoms with E-state index in [0.717, 1.165) is 17.4 Å². The van der Waals surface area contributed by atoms with E-state index < -0.39 is 12.1 Å². The molecule has 4 rings (SSSR count). The molecule has 0 heterocycles. The molecule has 1 N–H and O–H groups in total. The number of rotatable bonds is 1. The van der Waals surface area contributed by atoms with Crippen LogP contribution in [0.5, 0.6) is 0 Å². The monoisotopic (exact) mass is 289 g/mol. The fourth-order valence-corrected chi connectivity index (χ4v) is 3.47. The SMILES string of the molecule is [N-]=[N+]=NC1c2cc3ccc4ccccc4c3cc2CCC1O. The van der Waals surface area contributed by atoms with Crippen LogP contribution < -0.4 is 0 Å². The molecule has 4 nitrogen and oxygen atoms in total. The second-order valence-electron chi connectivity index (χ2n) is 5.81. The van der Waals surface area contributed by atoms with Gasteiger partial charge in [-0.3, -0.25) is 0 Å². The summed E-state index contributed by atoms with van der Waals surface area (Å²) in [5, 5.41) is 18.7. The molecule has 0 saturated carbocycles. The quantitative estimate of drug-likeness (QED) is 0.301. The van der Waals surface area contributed by atoms with Gasteiger partial charge in [0.15, 0.2) is 0 Å². The average molecular weight is 289 g/mol. The Hall–Kier alpha value is -2.55. The summed E-state index contributed by atoms with van der Waals surface area (Å²) in [6.07, 6.45) is 0.849. The zero-order valence-corrected chi connectivity index (χ0v) is 12.0. The Balaban J connectivity index is 2.02. The number of hydrogen-bond acceptors (Lipinski definition) is 2. The van der Waals surface area contributed by atoms with Crippen molar-refractivity contribution in [2.75, 3.05) is 0 Å². The average Bonchev–Trinajstić information content (AvgIpc) is 2.56. The van der Waals surface area contributed by atoms with Gasteiger partial charge in [-0.25, -0.2) is 0 Å². The molecule has 3 aromatic carbocycles. The topological polar surface area (TPSA) is 69.0 Å². The summed E-state index contributed by atoms with van der Waals surface area (Å²) in [6, 6.07) is 16.3. The van der Waals surface area contributed by atoms with E-state index in [1.807, 2.05) is 12.1 Å². The summed E-state index contributed by atoms with van der Waals surface area (Å²) in [6.45, 7) is 0. The largest absolute Gasteiger partial charge is 0.392 e. The fourth-order valence-electron chi connectivity index (χ4n) is 3.47. The maximum absolute atomic E-state index is 10.1. The van der Waals surface area contributed by atoms with E-state index in [1.54, 1.807) is 0 Å². The predicted octanol–water partition coefficient (Wildman–Crippen LogP) is 4.65. The highest BCUT2D eigenvalue weighted by molar-refractivity contribution is 6.07. The molecule has 0 radical (unpaired) electrons. The van der Waals surface area contributed by atoms with E-state index in [9.17, 15) is 5.11 Å². The lowest BCUT2D eigenvalue weighted by atomic mass is 9.83. The van der Waals surface area contributed by atoms with Crippen molar-refractivity contribution >= 4 is 21.5 Å². The smallest absolute Gasteiger partial charge is 0.0887 e. The van der Waals surface area contributed by atoms with Crippen molar-refractivity contribution in [3.05, 3.63) is 70.1 Å². The molecule has 0 bridgehead atoms. The lowest BCUT2D eigenvalue weighted by molar-refractivity contribution is 0.128. The lowest BCUT2D eigenvalue weighted by Gasteiger charge is -2.27. The van der Waals surface area contributed by atoms with Crippen LogP contribution in [0, 0.1) is 0 Å². The van der Waals surface area contributed by atoms with Gasteiger partial charge < -0.3 is 5.11 Å². The van der Waals surface area contributed by atoms with Gasteiger partial charge in [0.2, 0.25) is 0 Å².